The molecule has 28 heavy (non-hydrogen) atoms. The number of rotatable bonds is 3. The highest BCUT2D eigenvalue weighted by molar-refractivity contribution is 5.81. The molecular formula is C21H17N5O2. The van der Waals surface area contributed by atoms with Crippen LogP contribution in [0.5, 0.6) is 5.75 Å². The van der Waals surface area contributed by atoms with Crippen LogP contribution in [0.15, 0.2) is 47.0 Å². The molecule has 4 aromatic rings. The second-order valence-electron chi connectivity index (χ2n) is 6.90. The van der Waals surface area contributed by atoms with E-state index < -0.39 is 0 Å². The predicted molar refractivity (Wildman–Crippen MR) is 101 cm³/mol. The van der Waals surface area contributed by atoms with Crippen molar-refractivity contribution in [1.29, 1.82) is 5.26 Å². The SMILES string of the molecule is Cc1nnc(-n2ncc3ccc(O[C@@H]4CCCc5cc(C#N)ccc54)cc32)o1. The number of aromatic nitrogens is 4. The normalized spacial score (nSPS) is 15.9. The second-order valence-corrected chi connectivity index (χ2v) is 6.90. The average Bonchev–Trinajstić information content (AvgIpc) is 3.33. The molecule has 0 aliphatic heterocycles. The smallest absolute Gasteiger partial charge is 0.344 e. The van der Waals surface area contributed by atoms with Crippen LogP contribution >= 0.6 is 0 Å². The Morgan fingerprint density at radius 3 is 2.96 bits per heavy atom. The Kier molecular flexibility index (Phi) is 3.83. The van der Waals surface area contributed by atoms with Crippen molar-refractivity contribution >= 4 is 10.9 Å². The predicted octanol–water partition coefficient (Wildman–Crippen LogP) is 4.05. The van der Waals surface area contributed by atoms with Gasteiger partial charge in [-0.1, -0.05) is 11.2 Å². The Hall–Kier alpha value is -3.66. The van der Waals surface area contributed by atoms with Crippen molar-refractivity contribution in [2.75, 3.05) is 0 Å². The summed E-state index contributed by atoms with van der Waals surface area (Å²) in [5.41, 5.74) is 3.89. The van der Waals surface area contributed by atoms with Crippen LogP contribution in [0.1, 0.15) is 41.5 Å². The molecule has 1 aliphatic rings. The molecule has 0 bridgehead atoms. The van der Waals surface area contributed by atoms with E-state index in [0.717, 1.165) is 41.5 Å². The molecule has 2 aromatic carbocycles. The van der Waals surface area contributed by atoms with Gasteiger partial charge in [-0.15, -0.1) is 5.10 Å². The van der Waals surface area contributed by atoms with E-state index in [1.807, 2.05) is 36.4 Å². The molecule has 0 radical (unpaired) electrons. The number of nitriles is 1. The summed E-state index contributed by atoms with van der Waals surface area (Å²) in [5, 5.41) is 22.4. The van der Waals surface area contributed by atoms with Gasteiger partial charge in [0.15, 0.2) is 0 Å². The molecule has 138 valence electrons. The summed E-state index contributed by atoms with van der Waals surface area (Å²) in [6, 6.07) is 14.3. The minimum Gasteiger partial charge on any atom is -0.486 e. The molecule has 5 rings (SSSR count). The molecule has 2 heterocycles. The molecule has 0 fully saturated rings. The minimum absolute atomic E-state index is 0.0315. The van der Waals surface area contributed by atoms with Gasteiger partial charge in [0.1, 0.15) is 11.9 Å². The third kappa shape index (κ3) is 2.79. The molecule has 7 nitrogen and oxygen atoms in total. The summed E-state index contributed by atoms with van der Waals surface area (Å²) in [6.07, 6.45) is 4.69. The fourth-order valence-electron chi connectivity index (χ4n) is 3.72. The number of hydrogen-bond acceptors (Lipinski definition) is 6. The molecule has 0 saturated carbocycles. The third-order valence-electron chi connectivity index (χ3n) is 5.05. The van der Waals surface area contributed by atoms with Crippen molar-refractivity contribution in [1.82, 2.24) is 20.0 Å². The Morgan fingerprint density at radius 2 is 2.14 bits per heavy atom. The van der Waals surface area contributed by atoms with E-state index in [4.69, 9.17) is 14.4 Å². The van der Waals surface area contributed by atoms with E-state index >= 15 is 0 Å². The van der Waals surface area contributed by atoms with Crippen LogP contribution < -0.4 is 4.74 Å². The molecule has 0 spiro atoms. The zero-order chi connectivity index (χ0) is 19.1. The number of hydrogen-bond donors (Lipinski definition) is 0. The molecule has 0 N–H and O–H groups in total. The first-order valence-corrected chi connectivity index (χ1v) is 9.19. The zero-order valence-corrected chi connectivity index (χ0v) is 15.3. The lowest BCUT2D eigenvalue weighted by Gasteiger charge is -2.26. The van der Waals surface area contributed by atoms with Crippen LogP contribution in [-0.2, 0) is 6.42 Å². The lowest BCUT2D eigenvalue weighted by molar-refractivity contribution is 0.183. The fraction of sp³-hybridized carbons (Fsp3) is 0.238. The summed E-state index contributed by atoms with van der Waals surface area (Å²) in [6.45, 7) is 1.75. The highest BCUT2D eigenvalue weighted by Gasteiger charge is 2.22. The second kappa shape index (κ2) is 6.50. The van der Waals surface area contributed by atoms with Crippen molar-refractivity contribution in [3.8, 4) is 17.8 Å². The van der Waals surface area contributed by atoms with Gasteiger partial charge in [-0.2, -0.15) is 15.0 Å². The maximum atomic E-state index is 9.14. The van der Waals surface area contributed by atoms with E-state index in [2.05, 4.69) is 21.4 Å². The van der Waals surface area contributed by atoms with Gasteiger partial charge in [0, 0.05) is 18.4 Å². The Morgan fingerprint density at radius 1 is 1.21 bits per heavy atom. The van der Waals surface area contributed by atoms with Gasteiger partial charge < -0.3 is 9.15 Å². The Bertz CT molecular complexity index is 1220. The molecule has 7 heteroatoms. The molecule has 1 atom stereocenters. The fourth-order valence-corrected chi connectivity index (χ4v) is 3.72. The van der Waals surface area contributed by atoms with Gasteiger partial charge >= 0.3 is 6.01 Å². The Balaban J connectivity index is 1.49. The van der Waals surface area contributed by atoms with Crippen molar-refractivity contribution in [3.05, 3.63) is 65.2 Å². The van der Waals surface area contributed by atoms with Crippen molar-refractivity contribution in [2.24, 2.45) is 0 Å². The first kappa shape index (κ1) is 16.5. The highest BCUT2D eigenvalue weighted by Crippen LogP contribution is 2.35. The van der Waals surface area contributed by atoms with E-state index in [-0.39, 0.29) is 6.10 Å². The van der Waals surface area contributed by atoms with E-state index in [0.29, 0.717) is 17.5 Å². The first-order valence-electron chi connectivity index (χ1n) is 9.19. The standard InChI is InChI=1S/C21H17N5O2/c1-13-24-25-21(27-13)26-19-10-17(7-6-16(19)12-23-26)28-20-4-2-3-15-9-14(11-22)5-8-18(15)20/h5-10,12,20H,2-4H2,1H3/t20-/m1/s1. The van der Waals surface area contributed by atoms with Gasteiger partial charge in [-0.3, -0.25) is 0 Å². The van der Waals surface area contributed by atoms with Gasteiger partial charge in [0.2, 0.25) is 5.89 Å². The summed E-state index contributed by atoms with van der Waals surface area (Å²) in [5.74, 6) is 1.24. The molecule has 1 aliphatic carbocycles. The van der Waals surface area contributed by atoms with Crippen LogP contribution in [0.3, 0.4) is 0 Å². The number of ether oxygens (including phenoxy) is 1. The third-order valence-corrected chi connectivity index (χ3v) is 5.05. The van der Waals surface area contributed by atoms with Gasteiger partial charge in [0.25, 0.3) is 0 Å². The molecule has 0 unspecified atom stereocenters. The summed E-state index contributed by atoms with van der Waals surface area (Å²) in [4.78, 5) is 0. The van der Waals surface area contributed by atoms with Gasteiger partial charge in [-0.25, -0.2) is 0 Å². The van der Waals surface area contributed by atoms with E-state index in [9.17, 15) is 0 Å². The molecule has 0 amide bonds. The molecular weight excluding hydrogens is 354 g/mol. The maximum Gasteiger partial charge on any atom is 0.344 e. The Labute approximate surface area is 161 Å². The molecule has 2 aromatic heterocycles. The highest BCUT2D eigenvalue weighted by atomic mass is 16.5. The van der Waals surface area contributed by atoms with Crippen LogP contribution in [-0.4, -0.2) is 20.0 Å². The summed E-state index contributed by atoms with van der Waals surface area (Å²) >= 11 is 0. The maximum absolute atomic E-state index is 9.14. The first-order chi connectivity index (χ1) is 13.7. The van der Waals surface area contributed by atoms with Crippen molar-refractivity contribution in [3.63, 3.8) is 0 Å². The van der Waals surface area contributed by atoms with Gasteiger partial charge in [-0.05, 0) is 54.7 Å². The van der Waals surface area contributed by atoms with E-state index in [1.165, 1.54) is 5.56 Å². The quantitative estimate of drug-likeness (QED) is 0.540. The van der Waals surface area contributed by atoms with Crippen molar-refractivity contribution < 1.29 is 9.15 Å². The van der Waals surface area contributed by atoms with Crippen LogP contribution in [0, 0.1) is 18.3 Å². The van der Waals surface area contributed by atoms with Crippen molar-refractivity contribution in [2.45, 2.75) is 32.3 Å². The molecule has 0 saturated heterocycles. The van der Waals surface area contributed by atoms with Gasteiger partial charge in [0.05, 0.1) is 23.3 Å². The van der Waals surface area contributed by atoms with Crippen LogP contribution in [0.25, 0.3) is 16.9 Å². The number of benzene rings is 2. The topological polar surface area (TPSA) is 89.8 Å². The van der Waals surface area contributed by atoms with E-state index in [1.54, 1.807) is 17.8 Å². The minimum atomic E-state index is -0.0315. The largest absolute Gasteiger partial charge is 0.486 e. The van der Waals surface area contributed by atoms with Crippen LogP contribution in [0.2, 0.25) is 0 Å². The van der Waals surface area contributed by atoms with Crippen LogP contribution in [0.4, 0.5) is 0 Å². The number of nitrogens with zero attached hydrogens (tertiary/aromatic N) is 5. The zero-order valence-electron chi connectivity index (χ0n) is 15.3. The average molecular weight is 371 g/mol. The summed E-state index contributed by atoms with van der Waals surface area (Å²) in [7, 11) is 0. The monoisotopic (exact) mass is 371 g/mol. The lowest BCUT2D eigenvalue weighted by atomic mass is 9.88. The summed E-state index contributed by atoms with van der Waals surface area (Å²) < 4.78 is 13.5. The number of fused-ring (bicyclic) bond motifs is 2. The number of aryl methyl sites for hydroxylation is 2. The lowest BCUT2D eigenvalue weighted by Crippen LogP contribution is -2.15.